The van der Waals surface area contributed by atoms with E-state index < -0.39 is 70.7 Å². The van der Waals surface area contributed by atoms with E-state index in [4.69, 9.17) is 14.8 Å². The van der Waals surface area contributed by atoms with Crippen LogP contribution in [0.5, 0.6) is 11.5 Å². The maximum Gasteiger partial charge on any atom is 0.707 e. The summed E-state index contributed by atoms with van der Waals surface area (Å²) in [6.07, 6.45) is -5.36. The molecule has 6 nitrogen and oxygen atoms in total. The molecule has 34 heavy (non-hydrogen) atoms. The van der Waals surface area contributed by atoms with Crippen molar-refractivity contribution in [3.05, 3.63) is 53.3 Å². The Bertz CT molecular complexity index is 1090. The van der Waals surface area contributed by atoms with E-state index in [9.17, 15) is 31.1 Å². The SMILES string of the molecule is COc1c([C@@H]2C[C@](C)(C(F)(F)F)S[C@H]2C(=O)Nc2ccc(OB(O)O)c(F)c2)ccc(F)c1F. The van der Waals surface area contributed by atoms with Crippen molar-refractivity contribution < 1.29 is 50.6 Å². The smallest absolute Gasteiger partial charge is 0.510 e. The fraction of sp³-hybridized carbons (Fsp3) is 0.350. The maximum atomic E-state index is 14.3. The van der Waals surface area contributed by atoms with E-state index in [1.54, 1.807) is 0 Å². The van der Waals surface area contributed by atoms with Crippen LogP contribution < -0.4 is 14.7 Å². The lowest BCUT2D eigenvalue weighted by molar-refractivity contribution is -0.155. The van der Waals surface area contributed by atoms with E-state index in [0.29, 0.717) is 11.8 Å². The van der Waals surface area contributed by atoms with Gasteiger partial charge in [0.05, 0.1) is 12.4 Å². The van der Waals surface area contributed by atoms with Crippen LogP contribution in [0.4, 0.5) is 32.0 Å². The summed E-state index contributed by atoms with van der Waals surface area (Å²) in [5.41, 5.74) is -0.270. The zero-order valence-electron chi connectivity index (χ0n) is 17.6. The number of carbonyl (C=O) groups excluding carboxylic acids is 1. The number of amides is 1. The zero-order valence-corrected chi connectivity index (χ0v) is 18.4. The third kappa shape index (κ3) is 5.08. The van der Waals surface area contributed by atoms with Crippen molar-refractivity contribution in [1.82, 2.24) is 0 Å². The van der Waals surface area contributed by atoms with Gasteiger partial charge in [-0.1, -0.05) is 6.07 Å². The fourth-order valence-corrected chi connectivity index (χ4v) is 5.22. The van der Waals surface area contributed by atoms with Crippen molar-refractivity contribution in [2.24, 2.45) is 0 Å². The minimum Gasteiger partial charge on any atom is -0.510 e. The van der Waals surface area contributed by atoms with Gasteiger partial charge in [-0.15, -0.1) is 11.8 Å². The first kappa shape index (κ1) is 26.0. The Morgan fingerprint density at radius 2 is 1.85 bits per heavy atom. The van der Waals surface area contributed by atoms with Gasteiger partial charge in [-0.05, 0) is 31.5 Å². The maximum absolute atomic E-state index is 14.3. The Morgan fingerprint density at radius 3 is 2.41 bits per heavy atom. The lowest BCUT2D eigenvalue weighted by Crippen LogP contribution is -2.37. The van der Waals surface area contributed by atoms with Gasteiger partial charge in [0.25, 0.3) is 0 Å². The normalized spacial score (nSPS) is 22.4. The minimum atomic E-state index is -4.73. The van der Waals surface area contributed by atoms with Gasteiger partial charge in [0, 0.05) is 23.2 Å². The number of thioether (sulfide) groups is 1. The van der Waals surface area contributed by atoms with Crippen molar-refractivity contribution in [3.63, 3.8) is 0 Å². The van der Waals surface area contributed by atoms with Crippen LogP contribution in [0.25, 0.3) is 0 Å². The standard InChI is InChI=1S/C20H18BF6NO5S/c1-19(20(25,26)27)8-11(10-4-5-12(22)15(24)16(10)32-2)17(34-19)18(29)28-9-3-6-14(13(23)7-9)33-21(30)31/h3-7,11,17,30-31H,8H2,1-2H3,(H,28,29)/t11-,17+,19+/m0/s1. The third-order valence-corrected chi connectivity index (χ3v) is 7.05. The number of ether oxygens (including phenoxy) is 1. The van der Waals surface area contributed by atoms with Gasteiger partial charge >= 0.3 is 13.5 Å². The number of anilines is 1. The Kier molecular flexibility index (Phi) is 7.34. The first-order chi connectivity index (χ1) is 15.8. The lowest BCUT2D eigenvalue weighted by atomic mass is 9.85. The van der Waals surface area contributed by atoms with Gasteiger partial charge in [-0.25, -0.2) is 8.78 Å². The summed E-state index contributed by atoms with van der Waals surface area (Å²) in [7, 11) is -1.27. The molecule has 14 heteroatoms. The van der Waals surface area contributed by atoms with E-state index in [2.05, 4.69) is 9.97 Å². The summed E-state index contributed by atoms with van der Waals surface area (Å²) < 4.78 is 90.3. The minimum absolute atomic E-state index is 0.117. The van der Waals surface area contributed by atoms with Crippen LogP contribution >= 0.6 is 11.8 Å². The van der Waals surface area contributed by atoms with Crippen molar-refractivity contribution in [2.45, 2.75) is 35.4 Å². The van der Waals surface area contributed by atoms with Crippen molar-refractivity contribution in [3.8, 4) is 11.5 Å². The number of hydrogen-bond donors (Lipinski definition) is 3. The van der Waals surface area contributed by atoms with Crippen molar-refractivity contribution in [1.29, 1.82) is 0 Å². The molecule has 0 saturated carbocycles. The van der Waals surface area contributed by atoms with E-state index in [-0.39, 0.29) is 11.3 Å². The molecule has 0 aliphatic carbocycles. The fourth-order valence-electron chi connectivity index (χ4n) is 3.68. The van der Waals surface area contributed by atoms with Gasteiger partial charge in [0.15, 0.2) is 17.4 Å². The number of nitrogens with one attached hydrogen (secondary N) is 1. The number of alkyl halides is 3. The summed E-state index contributed by atoms with van der Waals surface area (Å²) in [4.78, 5) is 13.0. The number of rotatable bonds is 6. The average Bonchev–Trinajstić information content (AvgIpc) is 3.10. The highest BCUT2D eigenvalue weighted by molar-refractivity contribution is 8.02. The summed E-state index contributed by atoms with van der Waals surface area (Å²) in [5, 5.41) is 18.4. The van der Waals surface area contributed by atoms with Gasteiger partial charge in [-0.3, -0.25) is 4.79 Å². The van der Waals surface area contributed by atoms with E-state index in [1.807, 2.05) is 0 Å². The highest BCUT2D eigenvalue weighted by atomic mass is 32.2. The molecule has 3 atom stereocenters. The highest BCUT2D eigenvalue weighted by Crippen LogP contribution is 2.59. The molecule has 3 rings (SSSR count). The molecule has 0 unspecified atom stereocenters. The molecule has 1 fully saturated rings. The van der Waals surface area contributed by atoms with E-state index in [0.717, 1.165) is 44.4 Å². The topological polar surface area (TPSA) is 88.0 Å². The molecular weight excluding hydrogens is 491 g/mol. The average molecular weight is 509 g/mol. The molecule has 2 aromatic carbocycles. The highest BCUT2D eigenvalue weighted by Gasteiger charge is 2.60. The molecular formula is C20H18BF6NO5S. The van der Waals surface area contributed by atoms with Crippen LogP contribution in [0.3, 0.4) is 0 Å². The van der Waals surface area contributed by atoms with Gasteiger partial charge in [0.2, 0.25) is 11.7 Å². The molecule has 184 valence electrons. The van der Waals surface area contributed by atoms with E-state index in [1.165, 1.54) is 0 Å². The molecule has 1 aliphatic rings. The monoisotopic (exact) mass is 509 g/mol. The summed E-state index contributed by atoms with van der Waals surface area (Å²) in [6.45, 7) is 0.899. The van der Waals surface area contributed by atoms with Gasteiger partial charge in [0.1, 0.15) is 10.5 Å². The molecule has 1 amide bonds. The van der Waals surface area contributed by atoms with E-state index >= 15 is 0 Å². The molecule has 3 N–H and O–H groups in total. The Hall–Kier alpha value is -2.58. The van der Waals surface area contributed by atoms with Crippen LogP contribution in [-0.2, 0) is 4.79 Å². The van der Waals surface area contributed by atoms with Crippen LogP contribution in [0.1, 0.15) is 24.8 Å². The van der Waals surface area contributed by atoms with Crippen molar-refractivity contribution in [2.75, 3.05) is 12.4 Å². The number of halogens is 6. The molecule has 0 bridgehead atoms. The zero-order chi connectivity index (χ0) is 25.4. The second kappa shape index (κ2) is 9.58. The quantitative estimate of drug-likeness (QED) is 0.403. The van der Waals surface area contributed by atoms with Gasteiger partial charge in [-0.2, -0.15) is 17.6 Å². The number of hydrogen-bond acceptors (Lipinski definition) is 6. The summed E-state index contributed by atoms with van der Waals surface area (Å²) in [5.74, 6) is -7.06. The Labute approximate surface area is 194 Å². The Balaban J connectivity index is 1.96. The molecule has 0 aromatic heterocycles. The number of carbonyl (C=O) groups is 1. The molecule has 1 aliphatic heterocycles. The summed E-state index contributed by atoms with van der Waals surface area (Å²) in [6, 6.07) is 4.68. The predicted molar refractivity (Wildman–Crippen MR) is 112 cm³/mol. The van der Waals surface area contributed by atoms with Crippen LogP contribution in [0, 0.1) is 17.5 Å². The lowest BCUT2D eigenvalue weighted by Gasteiger charge is -2.26. The first-order valence-corrected chi connectivity index (χ1v) is 10.5. The molecule has 0 spiro atoms. The molecule has 1 heterocycles. The largest absolute Gasteiger partial charge is 0.707 e. The van der Waals surface area contributed by atoms with Crippen LogP contribution in [-0.4, -0.2) is 46.6 Å². The summed E-state index contributed by atoms with van der Waals surface area (Å²) >= 11 is 0.302. The molecule has 1 saturated heterocycles. The molecule has 2 aromatic rings. The van der Waals surface area contributed by atoms with Crippen LogP contribution in [0.15, 0.2) is 30.3 Å². The molecule has 0 radical (unpaired) electrons. The number of methoxy groups -OCH3 is 1. The second-order valence-corrected chi connectivity index (χ2v) is 9.28. The predicted octanol–water partition coefficient (Wildman–Crippen LogP) is 4.01. The Morgan fingerprint density at radius 1 is 1.18 bits per heavy atom. The van der Waals surface area contributed by atoms with Crippen LogP contribution in [0.2, 0.25) is 0 Å². The van der Waals surface area contributed by atoms with Crippen molar-refractivity contribution >= 4 is 30.7 Å². The second-order valence-electron chi connectivity index (χ2n) is 7.64. The van der Waals surface area contributed by atoms with Gasteiger partial charge < -0.3 is 24.8 Å². The number of benzene rings is 2. The first-order valence-electron chi connectivity index (χ1n) is 9.67. The third-order valence-electron chi connectivity index (χ3n) is 5.34.